The summed E-state index contributed by atoms with van der Waals surface area (Å²) in [6, 6.07) is 8.11. The van der Waals surface area contributed by atoms with E-state index in [4.69, 9.17) is 5.73 Å². The Morgan fingerprint density at radius 1 is 1.17 bits per heavy atom. The van der Waals surface area contributed by atoms with E-state index in [0.717, 1.165) is 11.8 Å². The Morgan fingerprint density at radius 2 is 1.77 bits per heavy atom. The molecule has 0 bridgehead atoms. The van der Waals surface area contributed by atoms with Gasteiger partial charge in [0.25, 0.3) is 5.91 Å². The molecule has 3 atom stereocenters. The normalized spacial score (nSPS) is 14.9. The molecule has 10 heteroatoms. The molecule has 1 rings (SSSR count). The van der Waals surface area contributed by atoms with Crippen LogP contribution in [0.5, 0.6) is 0 Å². The molecule has 2 amide bonds. The number of carbonyl (C=O) groups excluding carboxylic acids is 2. The minimum Gasteiger partial charge on any atom is -0.394 e. The van der Waals surface area contributed by atoms with Gasteiger partial charge in [-0.05, 0) is 24.3 Å². The van der Waals surface area contributed by atoms with Crippen LogP contribution in [0, 0.1) is 17.8 Å². The quantitative estimate of drug-likeness (QED) is 0.250. The van der Waals surface area contributed by atoms with Crippen molar-refractivity contribution in [2.24, 2.45) is 23.5 Å². The highest BCUT2D eigenvalue weighted by atomic mass is 32.2. The van der Waals surface area contributed by atoms with E-state index in [1.54, 1.807) is 24.3 Å². The number of rotatable bonds is 13. The molecule has 0 spiro atoms. The number of nitrogens with one attached hydrogen (secondary N) is 1. The summed E-state index contributed by atoms with van der Waals surface area (Å²) < 4.78 is 22.8. The van der Waals surface area contributed by atoms with Crippen molar-refractivity contribution < 1.29 is 28.3 Å². The number of aliphatic hydroxyl groups excluding tert-OH is 1. The largest absolute Gasteiger partial charge is 0.394 e. The fourth-order valence-electron chi connectivity index (χ4n) is 3.25. The Morgan fingerprint density at radius 3 is 2.23 bits per heavy atom. The number of benzene rings is 1. The lowest BCUT2D eigenvalue weighted by Gasteiger charge is -2.32. The zero-order chi connectivity index (χ0) is 22.9. The van der Waals surface area contributed by atoms with E-state index in [2.05, 4.69) is 5.32 Å². The second-order valence-electron chi connectivity index (χ2n) is 7.98. The van der Waals surface area contributed by atoms with Gasteiger partial charge in [0.05, 0.1) is 30.4 Å². The van der Waals surface area contributed by atoms with Crippen molar-refractivity contribution in [3.63, 3.8) is 0 Å². The van der Waals surface area contributed by atoms with Crippen LogP contribution < -0.4 is 11.1 Å². The average molecular weight is 444 g/mol. The van der Waals surface area contributed by atoms with Crippen molar-refractivity contribution in [1.29, 1.82) is 0 Å². The summed E-state index contributed by atoms with van der Waals surface area (Å²) in [6.07, 6.45) is 1.54. The first-order chi connectivity index (χ1) is 14.0. The van der Waals surface area contributed by atoms with Crippen LogP contribution in [0.15, 0.2) is 30.3 Å². The van der Waals surface area contributed by atoms with Crippen LogP contribution in [0.4, 0.5) is 0 Å². The lowest BCUT2D eigenvalue weighted by molar-refractivity contribution is -0.186. The smallest absolute Gasteiger partial charge is 0.251 e. The van der Waals surface area contributed by atoms with Gasteiger partial charge >= 0.3 is 0 Å². The second kappa shape index (κ2) is 12.0. The minimum absolute atomic E-state index is 0.0396. The number of amides is 2. The van der Waals surface area contributed by atoms with E-state index in [9.17, 15) is 28.3 Å². The molecule has 30 heavy (non-hydrogen) atoms. The van der Waals surface area contributed by atoms with Crippen LogP contribution in [-0.4, -0.2) is 66.9 Å². The molecule has 0 saturated heterocycles. The molecule has 170 valence electrons. The first-order valence-electron chi connectivity index (χ1n) is 9.80. The first-order valence-corrected chi connectivity index (χ1v) is 11.9. The van der Waals surface area contributed by atoms with Gasteiger partial charge in [0.15, 0.2) is 9.84 Å². The van der Waals surface area contributed by atoms with E-state index < -0.39 is 46.1 Å². The number of aliphatic hydroxyl groups is 1. The molecule has 1 aromatic carbocycles. The van der Waals surface area contributed by atoms with Gasteiger partial charge in [0, 0.05) is 12.8 Å². The van der Waals surface area contributed by atoms with E-state index in [1.807, 2.05) is 19.9 Å². The maximum Gasteiger partial charge on any atom is 0.251 e. The fraction of sp³-hybridized carbons (Fsp3) is 0.600. The predicted octanol–water partition coefficient (Wildman–Crippen LogP) is 0.163. The van der Waals surface area contributed by atoms with Crippen LogP contribution >= 0.6 is 0 Å². The lowest BCUT2D eigenvalue weighted by atomic mass is 9.83. The Kier molecular flexibility index (Phi) is 10.4. The number of nitrogens with two attached hydrogens (primary N) is 1. The topological polar surface area (TPSA) is 150 Å². The van der Waals surface area contributed by atoms with Crippen molar-refractivity contribution in [2.75, 3.05) is 25.3 Å². The van der Waals surface area contributed by atoms with Crippen LogP contribution in [0.1, 0.15) is 25.8 Å². The summed E-state index contributed by atoms with van der Waals surface area (Å²) in [5.74, 6) is -3.84. The van der Waals surface area contributed by atoms with Gasteiger partial charge in [-0.3, -0.25) is 14.8 Å². The molecule has 1 aromatic rings. The molecule has 0 heterocycles. The summed E-state index contributed by atoms with van der Waals surface area (Å²) in [7, 11) is -3.35. The van der Waals surface area contributed by atoms with E-state index in [1.165, 1.54) is 0 Å². The lowest BCUT2D eigenvalue weighted by Crippen LogP contribution is -2.51. The van der Waals surface area contributed by atoms with E-state index in [-0.39, 0.29) is 24.8 Å². The molecule has 9 nitrogen and oxygen atoms in total. The Bertz CT molecular complexity index is 785. The SMILES string of the molecule is CC(C)CC(C(N)=O)[C@H](CNCS(C)(=O)=O)C(=O)N(O)[C@H](CO)Cc1ccccc1. The van der Waals surface area contributed by atoms with Gasteiger partial charge in [-0.1, -0.05) is 44.2 Å². The van der Waals surface area contributed by atoms with Gasteiger partial charge in [-0.15, -0.1) is 0 Å². The average Bonchev–Trinajstić information content (AvgIpc) is 2.66. The Labute approximate surface area is 178 Å². The van der Waals surface area contributed by atoms with Crippen LogP contribution in [0.25, 0.3) is 0 Å². The molecule has 0 aromatic heterocycles. The minimum atomic E-state index is -3.35. The highest BCUT2D eigenvalue weighted by Gasteiger charge is 2.37. The number of hydrogen-bond donors (Lipinski definition) is 4. The molecular weight excluding hydrogens is 410 g/mol. The van der Waals surface area contributed by atoms with Crippen LogP contribution in [-0.2, 0) is 25.8 Å². The highest BCUT2D eigenvalue weighted by molar-refractivity contribution is 7.90. The number of carbonyl (C=O) groups is 2. The summed E-state index contributed by atoms with van der Waals surface area (Å²) in [5.41, 5.74) is 6.34. The maximum atomic E-state index is 13.1. The first kappa shape index (κ1) is 26.0. The molecule has 0 saturated carbocycles. The van der Waals surface area contributed by atoms with Crippen LogP contribution in [0.2, 0.25) is 0 Å². The summed E-state index contributed by atoms with van der Waals surface area (Å²) in [5, 5.41) is 23.4. The van der Waals surface area contributed by atoms with E-state index in [0.29, 0.717) is 11.5 Å². The molecule has 0 aliphatic heterocycles. The summed E-state index contributed by atoms with van der Waals surface area (Å²) >= 11 is 0. The molecule has 5 N–H and O–H groups in total. The number of sulfone groups is 1. The molecule has 0 aliphatic carbocycles. The number of primary amides is 1. The van der Waals surface area contributed by atoms with Gasteiger partial charge in [-0.2, -0.15) is 0 Å². The molecule has 0 fully saturated rings. The third-order valence-corrected chi connectivity index (χ3v) is 5.45. The van der Waals surface area contributed by atoms with Crippen molar-refractivity contribution in [2.45, 2.75) is 32.7 Å². The zero-order valence-electron chi connectivity index (χ0n) is 17.7. The molecular formula is C20H33N3O6S. The van der Waals surface area contributed by atoms with Gasteiger partial charge < -0.3 is 16.2 Å². The van der Waals surface area contributed by atoms with Crippen molar-refractivity contribution in [3.8, 4) is 0 Å². The summed E-state index contributed by atoms with van der Waals surface area (Å²) in [6.45, 7) is 3.08. The standard InChI is InChI=1S/C20H33N3O6S/c1-14(2)9-17(19(21)25)18(11-22-13-30(3,28)29)20(26)23(27)16(12-24)10-15-7-5-4-6-8-15/h4-8,14,16-18,22,24,27H,9-13H2,1-3H3,(H2,21,25)/t16-,17?,18-/m0/s1. The Balaban J connectivity index is 3.08. The third kappa shape index (κ3) is 8.78. The molecule has 1 unspecified atom stereocenters. The van der Waals surface area contributed by atoms with Crippen molar-refractivity contribution in [1.82, 2.24) is 10.4 Å². The van der Waals surface area contributed by atoms with Gasteiger partial charge in [0.1, 0.15) is 0 Å². The predicted molar refractivity (Wildman–Crippen MR) is 113 cm³/mol. The van der Waals surface area contributed by atoms with Crippen molar-refractivity contribution >= 4 is 21.7 Å². The highest BCUT2D eigenvalue weighted by Crippen LogP contribution is 2.23. The number of hydrogen-bond acceptors (Lipinski definition) is 7. The molecule has 0 radical (unpaired) electrons. The number of nitrogens with zero attached hydrogens (tertiary/aromatic N) is 1. The van der Waals surface area contributed by atoms with Crippen molar-refractivity contribution in [3.05, 3.63) is 35.9 Å². The van der Waals surface area contributed by atoms with Crippen LogP contribution in [0.3, 0.4) is 0 Å². The third-order valence-electron chi connectivity index (χ3n) is 4.72. The molecule has 0 aliphatic rings. The van der Waals surface area contributed by atoms with Gasteiger partial charge in [-0.25, -0.2) is 13.5 Å². The number of hydroxylamine groups is 2. The Hall–Kier alpha value is -2.01. The fourth-order valence-corrected chi connectivity index (χ4v) is 3.74. The second-order valence-corrected chi connectivity index (χ2v) is 10.1. The monoisotopic (exact) mass is 443 g/mol. The van der Waals surface area contributed by atoms with Gasteiger partial charge in [0.2, 0.25) is 5.91 Å². The van der Waals surface area contributed by atoms with E-state index >= 15 is 0 Å². The zero-order valence-corrected chi connectivity index (χ0v) is 18.5. The summed E-state index contributed by atoms with van der Waals surface area (Å²) in [4.78, 5) is 25.2. The maximum absolute atomic E-state index is 13.1.